The van der Waals surface area contributed by atoms with Crippen LogP contribution in [0.25, 0.3) is 11.0 Å². The molecule has 0 bridgehead atoms. The predicted octanol–water partition coefficient (Wildman–Crippen LogP) is 5.40. The van der Waals surface area contributed by atoms with E-state index >= 15 is 0 Å². The Morgan fingerprint density at radius 3 is 2.43 bits per heavy atom. The summed E-state index contributed by atoms with van der Waals surface area (Å²) in [5, 5.41) is 0. The van der Waals surface area contributed by atoms with E-state index in [0.29, 0.717) is 13.2 Å². The molecule has 1 heterocycles. The summed E-state index contributed by atoms with van der Waals surface area (Å²) in [5.74, 6) is 3.38. The Bertz CT molecular complexity index is 1120. The van der Waals surface area contributed by atoms with Gasteiger partial charge in [0.2, 0.25) is 0 Å². The first kappa shape index (κ1) is 19.8. The lowest BCUT2D eigenvalue weighted by molar-refractivity contribution is 0.279. The molecule has 0 atom stereocenters. The van der Waals surface area contributed by atoms with Crippen molar-refractivity contribution < 1.29 is 14.2 Å². The molecule has 1 aromatic heterocycles. The van der Waals surface area contributed by atoms with Crippen molar-refractivity contribution in [3.63, 3.8) is 0 Å². The van der Waals surface area contributed by atoms with Crippen LogP contribution in [0.1, 0.15) is 17.8 Å². The molecular weight excluding hydrogens is 376 g/mol. The second-order valence-electron chi connectivity index (χ2n) is 7.15. The topological polar surface area (TPSA) is 45.5 Å². The van der Waals surface area contributed by atoms with Crippen molar-refractivity contribution in [1.29, 1.82) is 0 Å². The van der Waals surface area contributed by atoms with Crippen molar-refractivity contribution in [2.45, 2.75) is 26.5 Å². The van der Waals surface area contributed by atoms with E-state index in [1.807, 2.05) is 60.7 Å². The van der Waals surface area contributed by atoms with Gasteiger partial charge in [-0.05, 0) is 55.3 Å². The maximum absolute atomic E-state index is 6.02. The molecule has 3 aromatic carbocycles. The monoisotopic (exact) mass is 402 g/mol. The molecule has 0 amide bonds. The normalized spacial score (nSPS) is 10.9. The molecule has 0 aliphatic rings. The number of imidazole rings is 1. The number of hydrogen-bond acceptors (Lipinski definition) is 4. The minimum atomic E-state index is 0.425. The smallest absolute Gasteiger partial charge is 0.147 e. The third kappa shape index (κ3) is 4.74. The van der Waals surface area contributed by atoms with Crippen LogP contribution in [0.15, 0.2) is 72.8 Å². The zero-order valence-corrected chi connectivity index (χ0v) is 17.4. The van der Waals surface area contributed by atoms with Crippen LogP contribution in [0.2, 0.25) is 0 Å². The van der Waals surface area contributed by atoms with E-state index in [2.05, 4.69) is 23.6 Å². The average molecular weight is 402 g/mol. The Morgan fingerprint density at radius 1 is 0.833 bits per heavy atom. The Kier molecular flexibility index (Phi) is 6.18. The Hall–Kier alpha value is -3.47. The van der Waals surface area contributed by atoms with Gasteiger partial charge in [0, 0.05) is 12.6 Å². The minimum Gasteiger partial charge on any atom is -0.497 e. The van der Waals surface area contributed by atoms with Crippen molar-refractivity contribution in [2.75, 3.05) is 13.7 Å². The van der Waals surface area contributed by atoms with Crippen LogP contribution < -0.4 is 14.2 Å². The maximum Gasteiger partial charge on any atom is 0.147 e. The van der Waals surface area contributed by atoms with Crippen LogP contribution in [0, 0.1) is 6.92 Å². The van der Waals surface area contributed by atoms with Crippen molar-refractivity contribution in [2.24, 2.45) is 0 Å². The standard InChI is InChI=1S/C25H26N2O3/c1-19-8-5-10-21(16-19)30-18-25-26-23-12-3-4-13-24(23)27(25)14-7-15-29-22-11-6-9-20(17-22)28-2/h3-6,8-13,16-17H,7,14-15,18H2,1-2H3. The predicted molar refractivity (Wildman–Crippen MR) is 118 cm³/mol. The van der Waals surface area contributed by atoms with E-state index in [-0.39, 0.29) is 0 Å². The van der Waals surface area contributed by atoms with Crippen LogP contribution >= 0.6 is 0 Å². The average Bonchev–Trinajstić information content (AvgIpc) is 3.13. The summed E-state index contributed by atoms with van der Waals surface area (Å²) in [6, 6.07) is 23.9. The van der Waals surface area contributed by atoms with Crippen molar-refractivity contribution in [3.8, 4) is 17.2 Å². The second kappa shape index (κ2) is 9.35. The summed E-state index contributed by atoms with van der Waals surface area (Å²) < 4.78 is 19.4. The lowest BCUT2D eigenvalue weighted by atomic mass is 10.2. The molecule has 154 valence electrons. The number of nitrogens with zero attached hydrogens (tertiary/aromatic N) is 2. The number of aromatic nitrogens is 2. The number of aryl methyl sites for hydroxylation is 2. The van der Waals surface area contributed by atoms with Gasteiger partial charge >= 0.3 is 0 Å². The highest BCUT2D eigenvalue weighted by atomic mass is 16.5. The number of para-hydroxylation sites is 2. The van der Waals surface area contributed by atoms with Crippen LogP contribution in [0.4, 0.5) is 0 Å². The summed E-state index contributed by atoms with van der Waals surface area (Å²) in [4.78, 5) is 4.79. The van der Waals surface area contributed by atoms with Gasteiger partial charge < -0.3 is 18.8 Å². The summed E-state index contributed by atoms with van der Waals surface area (Å²) >= 11 is 0. The highest BCUT2D eigenvalue weighted by molar-refractivity contribution is 5.75. The third-order valence-electron chi connectivity index (χ3n) is 4.93. The number of ether oxygens (including phenoxy) is 3. The highest BCUT2D eigenvalue weighted by Crippen LogP contribution is 2.21. The van der Waals surface area contributed by atoms with E-state index in [4.69, 9.17) is 19.2 Å². The molecule has 0 radical (unpaired) electrons. The molecule has 0 aliphatic carbocycles. The van der Waals surface area contributed by atoms with Crippen LogP contribution in [0.5, 0.6) is 17.2 Å². The van der Waals surface area contributed by atoms with Crippen LogP contribution in [-0.2, 0) is 13.2 Å². The van der Waals surface area contributed by atoms with Crippen LogP contribution in [-0.4, -0.2) is 23.3 Å². The van der Waals surface area contributed by atoms with Gasteiger partial charge in [-0.1, -0.05) is 30.3 Å². The van der Waals surface area contributed by atoms with E-state index in [1.54, 1.807) is 7.11 Å². The molecule has 5 heteroatoms. The van der Waals surface area contributed by atoms with Crippen molar-refractivity contribution >= 4 is 11.0 Å². The van der Waals surface area contributed by atoms with E-state index in [0.717, 1.165) is 47.1 Å². The first-order chi connectivity index (χ1) is 14.7. The SMILES string of the molecule is COc1cccc(OCCCn2c(COc3cccc(C)c3)nc3ccccc32)c1. The summed E-state index contributed by atoms with van der Waals surface area (Å²) in [7, 11) is 1.66. The Morgan fingerprint density at radius 2 is 1.60 bits per heavy atom. The zero-order chi connectivity index (χ0) is 20.8. The fraction of sp³-hybridized carbons (Fsp3) is 0.240. The summed E-state index contributed by atoms with van der Waals surface area (Å²) in [5.41, 5.74) is 3.27. The van der Waals surface area contributed by atoms with Crippen LogP contribution in [0.3, 0.4) is 0 Å². The summed E-state index contributed by atoms with van der Waals surface area (Å²) in [6.07, 6.45) is 0.856. The molecule has 4 aromatic rings. The van der Waals surface area contributed by atoms with Gasteiger partial charge in [-0.3, -0.25) is 0 Å². The van der Waals surface area contributed by atoms with Gasteiger partial charge in [0.25, 0.3) is 0 Å². The molecule has 0 unspecified atom stereocenters. The second-order valence-corrected chi connectivity index (χ2v) is 7.15. The first-order valence-corrected chi connectivity index (χ1v) is 10.1. The molecule has 0 aliphatic heterocycles. The quantitative estimate of drug-likeness (QED) is 0.352. The van der Waals surface area contributed by atoms with Gasteiger partial charge in [0.15, 0.2) is 0 Å². The molecule has 0 fully saturated rings. The van der Waals surface area contributed by atoms with Gasteiger partial charge in [0.05, 0.1) is 24.8 Å². The third-order valence-corrected chi connectivity index (χ3v) is 4.93. The van der Waals surface area contributed by atoms with Crippen molar-refractivity contribution in [3.05, 3.63) is 84.2 Å². The fourth-order valence-corrected chi connectivity index (χ4v) is 3.44. The molecule has 4 rings (SSSR count). The van der Waals surface area contributed by atoms with Gasteiger partial charge in [0.1, 0.15) is 29.7 Å². The van der Waals surface area contributed by atoms with E-state index < -0.39 is 0 Å². The zero-order valence-electron chi connectivity index (χ0n) is 17.4. The van der Waals surface area contributed by atoms with Gasteiger partial charge in [-0.15, -0.1) is 0 Å². The number of rotatable bonds is 9. The molecule has 0 saturated carbocycles. The first-order valence-electron chi connectivity index (χ1n) is 10.1. The number of methoxy groups -OCH3 is 1. The maximum atomic E-state index is 6.02. The molecule has 0 N–H and O–H groups in total. The van der Waals surface area contributed by atoms with E-state index in [1.165, 1.54) is 5.56 Å². The molecule has 5 nitrogen and oxygen atoms in total. The fourth-order valence-electron chi connectivity index (χ4n) is 3.44. The highest BCUT2D eigenvalue weighted by Gasteiger charge is 2.11. The van der Waals surface area contributed by atoms with Gasteiger partial charge in [-0.25, -0.2) is 4.98 Å². The number of hydrogen-bond donors (Lipinski definition) is 0. The lowest BCUT2D eigenvalue weighted by Gasteiger charge is -2.12. The number of benzene rings is 3. The number of fused-ring (bicyclic) bond motifs is 1. The van der Waals surface area contributed by atoms with E-state index in [9.17, 15) is 0 Å². The molecule has 0 saturated heterocycles. The minimum absolute atomic E-state index is 0.425. The molecule has 30 heavy (non-hydrogen) atoms. The lowest BCUT2D eigenvalue weighted by Crippen LogP contribution is -2.10. The van der Waals surface area contributed by atoms with Crippen molar-refractivity contribution in [1.82, 2.24) is 9.55 Å². The van der Waals surface area contributed by atoms with Gasteiger partial charge in [-0.2, -0.15) is 0 Å². The molecular formula is C25H26N2O3. The summed E-state index contributed by atoms with van der Waals surface area (Å²) in [6.45, 7) is 3.90. The Labute approximate surface area is 176 Å². The Balaban J connectivity index is 1.43. The largest absolute Gasteiger partial charge is 0.497 e. The molecule has 0 spiro atoms.